The topological polar surface area (TPSA) is 62.0 Å². The number of carbonyl (C=O) groups excluding carboxylic acids is 1. The molecule has 1 aromatic rings. The Morgan fingerprint density at radius 3 is 2.73 bits per heavy atom. The highest BCUT2D eigenvalue weighted by molar-refractivity contribution is 5.93. The molecule has 1 aromatic heterocycles. The molecule has 0 radical (unpaired) electrons. The van der Waals surface area contributed by atoms with Gasteiger partial charge in [-0.2, -0.15) is 0 Å². The first-order chi connectivity index (χ1) is 7.06. The van der Waals surface area contributed by atoms with Crippen LogP contribution in [-0.2, 0) is 0 Å². The monoisotopic (exact) mass is 208 g/mol. The minimum atomic E-state index is -0.327. The van der Waals surface area contributed by atoms with Crippen molar-refractivity contribution in [3.63, 3.8) is 0 Å². The molecule has 0 aliphatic rings. The molecule has 1 rings (SSSR count). The van der Waals surface area contributed by atoms with Crippen LogP contribution in [0, 0.1) is 13.8 Å². The largest absolute Gasteiger partial charge is 0.352 e. The van der Waals surface area contributed by atoms with Gasteiger partial charge in [-0.1, -0.05) is 6.92 Å². The SMILES string of the molecule is CCCNC(=O)c1cc(C)c(C)[nH]c1=O. The van der Waals surface area contributed by atoms with E-state index >= 15 is 0 Å². The molecule has 0 aromatic carbocycles. The Bertz CT molecular complexity index is 421. The first kappa shape index (κ1) is 11.5. The standard InChI is InChI=1S/C11H16N2O2/c1-4-5-12-10(14)9-6-7(2)8(3)13-11(9)15/h6H,4-5H2,1-3H3,(H,12,14)(H,13,15). The van der Waals surface area contributed by atoms with Crippen molar-refractivity contribution >= 4 is 5.91 Å². The molecule has 1 heterocycles. The van der Waals surface area contributed by atoms with E-state index in [2.05, 4.69) is 10.3 Å². The van der Waals surface area contributed by atoms with Gasteiger partial charge in [0.05, 0.1) is 0 Å². The Kier molecular flexibility index (Phi) is 3.66. The van der Waals surface area contributed by atoms with Crippen LogP contribution < -0.4 is 10.9 Å². The van der Waals surface area contributed by atoms with Crippen LogP contribution >= 0.6 is 0 Å². The molecule has 4 nitrogen and oxygen atoms in total. The Labute approximate surface area is 88.7 Å². The summed E-state index contributed by atoms with van der Waals surface area (Å²) < 4.78 is 0. The van der Waals surface area contributed by atoms with E-state index in [1.807, 2.05) is 20.8 Å². The molecule has 0 bridgehead atoms. The molecule has 0 saturated heterocycles. The normalized spacial score (nSPS) is 10.1. The maximum atomic E-state index is 11.6. The Hall–Kier alpha value is -1.58. The predicted molar refractivity (Wildman–Crippen MR) is 59.2 cm³/mol. The van der Waals surface area contributed by atoms with E-state index in [0.29, 0.717) is 6.54 Å². The maximum absolute atomic E-state index is 11.6. The van der Waals surface area contributed by atoms with Crippen molar-refractivity contribution in [2.24, 2.45) is 0 Å². The van der Waals surface area contributed by atoms with Crippen LogP contribution in [0.1, 0.15) is 35.0 Å². The summed E-state index contributed by atoms with van der Waals surface area (Å²) in [6.07, 6.45) is 0.856. The number of carbonyl (C=O) groups is 1. The van der Waals surface area contributed by atoms with Gasteiger partial charge in [-0.15, -0.1) is 0 Å². The van der Waals surface area contributed by atoms with E-state index in [-0.39, 0.29) is 17.0 Å². The second-order valence-corrected chi connectivity index (χ2v) is 3.58. The Morgan fingerprint density at radius 2 is 2.13 bits per heavy atom. The van der Waals surface area contributed by atoms with Crippen molar-refractivity contribution in [2.45, 2.75) is 27.2 Å². The molecule has 0 aliphatic carbocycles. The summed E-state index contributed by atoms with van der Waals surface area (Å²) in [5.41, 5.74) is 1.57. The Balaban J connectivity index is 2.99. The van der Waals surface area contributed by atoms with E-state index in [9.17, 15) is 9.59 Å². The second kappa shape index (κ2) is 4.77. The van der Waals surface area contributed by atoms with Crippen molar-refractivity contribution in [1.29, 1.82) is 0 Å². The predicted octanol–water partition coefficient (Wildman–Crippen LogP) is 1.13. The first-order valence-electron chi connectivity index (χ1n) is 5.05. The van der Waals surface area contributed by atoms with Crippen LogP contribution in [0.2, 0.25) is 0 Å². The molecule has 1 amide bonds. The van der Waals surface area contributed by atoms with E-state index in [1.54, 1.807) is 6.07 Å². The number of amides is 1. The highest BCUT2D eigenvalue weighted by Crippen LogP contribution is 2.02. The fourth-order valence-corrected chi connectivity index (χ4v) is 1.23. The van der Waals surface area contributed by atoms with E-state index in [1.165, 1.54) is 0 Å². The van der Waals surface area contributed by atoms with Gasteiger partial charge in [0, 0.05) is 12.2 Å². The van der Waals surface area contributed by atoms with E-state index in [0.717, 1.165) is 17.7 Å². The third kappa shape index (κ3) is 2.68. The van der Waals surface area contributed by atoms with Gasteiger partial charge in [-0.3, -0.25) is 9.59 Å². The van der Waals surface area contributed by atoms with Crippen LogP contribution in [0.3, 0.4) is 0 Å². The van der Waals surface area contributed by atoms with E-state index < -0.39 is 0 Å². The van der Waals surface area contributed by atoms with Gasteiger partial charge in [-0.25, -0.2) is 0 Å². The number of pyridine rings is 1. The number of hydrogen-bond donors (Lipinski definition) is 2. The minimum absolute atomic E-state index is 0.187. The van der Waals surface area contributed by atoms with E-state index in [4.69, 9.17) is 0 Å². The number of aromatic amines is 1. The lowest BCUT2D eigenvalue weighted by atomic mass is 10.1. The number of rotatable bonds is 3. The number of hydrogen-bond acceptors (Lipinski definition) is 2. The average Bonchev–Trinajstić information content (AvgIpc) is 2.20. The summed E-state index contributed by atoms with van der Waals surface area (Å²) in [7, 11) is 0. The quantitative estimate of drug-likeness (QED) is 0.782. The van der Waals surface area contributed by atoms with Gasteiger partial charge in [0.25, 0.3) is 11.5 Å². The lowest BCUT2D eigenvalue weighted by Crippen LogP contribution is -2.30. The van der Waals surface area contributed by atoms with Gasteiger partial charge in [0.2, 0.25) is 0 Å². The number of aromatic nitrogens is 1. The van der Waals surface area contributed by atoms with Gasteiger partial charge >= 0.3 is 0 Å². The fraction of sp³-hybridized carbons (Fsp3) is 0.455. The van der Waals surface area contributed by atoms with Gasteiger partial charge in [0.1, 0.15) is 5.56 Å². The second-order valence-electron chi connectivity index (χ2n) is 3.58. The zero-order chi connectivity index (χ0) is 11.4. The van der Waals surface area contributed by atoms with Crippen LogP contribution in [0.25, 0.3) is 0 Å². The lowest BCUT2D eigenvalue weighted by Gasteiger charge is -2.05. The van der Waals surface area contributed by atoms with Crippen molar-refractivity contribution in [1.82, 2.24) is 10.3 Å². The summed E-state index contributed by atoms with van der Waals surface area (Å²) in [5, 5.41) is 2.68. The molecule has 0 saturated carbocycles. The number of nitrogens with one attached hydrogen (secondary N) is 2. The lowest BCUT2D eigenvalue weighted by molar-refractivity contribution is 0.0952. The van der Waals surface area contributed by atoms with Crippen molar-refractivity contribution in [3.05, 3.63) is 33.2 Å². The molecule has 4 heteroatoms. The minimum Gasteiger partial charge on any atom is -0.352 e. The molecule has 0 spiro atoms. The average molecular weight is 208 g/mol. The number of aryl methyl sites for hydroxylation is 2. The maximum Gasteiger partial charge on any atom is 0.261 e. The Morgan fingerprint density at radius 1 is 1.47 bits per heavy atom. The summed E-state index contributed by atoms with van der Waals surface area (Å²) >= 11 is 0. The summed E-state index contributed by atoms with van der Waals surface area (Å²) in [5.74, 6) is -0.304. The molecule has 0 atom stereocenters. The van der Waals surface area contributed by atoms with Crippen molar-refractivity contribution in [2.75, 3.05) is 6.54 Å². The number of H-pyrrole nitrogens is 1. The molecule has 0 fully saturated rings. The van der Waals surface area contributed by atoms with Gasteiger partial charge in [0.15, 0.2) is 0 Å². The molecule has 0 aliphatic heterocycles. The van der Waals surface area contributed by atoms with Crippen LogP contribution in [0.15, 0.2) is 10.9 Å². The molecule has 2 N–H and O–H groups in total. The van der Waals surface area contributed by atoms with Crippen LogP contribution in [0.5, 0.6) is 0 Å². The van der Waals surface area contributed by atoms with Crippen LogP contribution in [0.4, 0.5) is 0 Å². The molecule has 82 valence electrons. The van der Waals surface area contributed by atoms with Crippen LogP contribution in [-0.4, -0.2) is 17.4 Å². The van der Waals surface area contributed by atoms with Crippen molar-refractivity contribution in [3.8, 4) is 0 Å². The molecule has 0 unspecified atom stereocenters. The third-order valence-electron chi connectivity index (χ3n) is 2.28. The van der Waals surface area contributed by atoms with Gasteiger partial charge in [-0.05, 0) is 31.9 Å². The third-order valence-corrected chi connectivity index (χ3v) is 2.28. The first-order valence-corrected chi connectivity index (χ1v) is 5.05. The fourth-order valence-electron chi connectivity index (χ4n) is 1.23. The van der Waals surface area contributed by atoms with Crippen molar-refractivity contribution < 1.29 is 4.79 Å². The summed E-state index contributed by atoms with van der Waals surface area (Å²) in [6.45, 7) is 6.22. The summed E-state index contributed by atoms with van der Waals surface area (Å²) in [4.78, 5) is 25.7. The molecule has 15 heavy (non-hydrogen) atoms. The molecular formula is C11H16N2O2. The molecular weight excluding hydrogens is 192 g/mol. The summed E-state index contributed by atoms with van der Waals surface area (Å²) in [6, 6.07) is 1.62. The smallest absolute Gasteiger partial charge is 0.261 e. The zero-order valence-electron chi connectivity index (χ0n) is 9.31. The zero-order valence-corrected chi connectivity index (χ0v) is 9.31. The highest BCUT2D eigenvalue weighted by Gasteiger charge is 2.10. The van der Waals surface area contributed by atoms with Gasteiger partial charge < -0.3 is 10.3 Å². The highest BCUT2D eigenvalue weighted by atomic mass is 16.2.